The first-order valence-corrected chi connectivity index (χ1v) is 10.0. The van der Waals surface area contributed by atoms with Gasteiger partial charge in [-0.3, -0.25) is 9.59 Å². The summed E-state index contributed by atoms with van der Waals surface area (Å²) >= 11 is 7.31. The zero-order valence-electron chi connectivity index (χ0n) is 13.0. The second-order valence-corrected chi connectivity index (χ2v) is 8.75. The number of para-hydroxylation sites is 1. The van der Waals surface area contributed by atoms with E-state index >= 15 is 0 Å². The molecule has 4 aliphatic rings. The molecule has 0 spiro atoms. The van der Waals surface area contributed by atoms with E-state index in [4.69, 9.17) is 14.2 Å². The fourth-order valence-corrected chi connectivity index (χ4v) is 6.34. The molecular weight excluding hydrogens is 458 g/mol. The Kier molecular flexibility index (Phi) is 3.67. The van der Waals surface area contributed by atoms with Gasteiger partial charge in [-0.1, -0.05) is 50.1 Å². The average molecular weight is 473 g/mol. The number of anilines is 1. The lowest BCUT2D eigenvalue weighted by molar-refractivity contribution is -0.191. The highest BCUT2D eigenvalue weighted by Crippen LogP contribution is 2.61. The molecule has 0 aliphatic carbocycles. The number of halogens is 2. The number of rotatable bonds is 2. The van der Waals surface area contributed by atoms with Crippen LogP contribution in [0, 0.1) is 11.8 Å². The van der Waals surface area contributed by atoms with Gasteiger partial charge in [0, 0.05) is 0 Å². The van der Waals surface area contributed by atoms with Crippen molar-refractivity contribution < 1.29 is 23.8 Å². The molecule has 6 atom stereocenters. The highest BCUT2D eigenvalue weighted by atomic mass is 79.9. The summed E-state index contributed by atoms with van der Waals surface area (Å²) in [4.78, 5) is 27.4. The second kappa shape index (κ2) is 5.60. The van der Waals surface area contributed by atoms with Crippen LogP contribution in [0.3, 0.4) is 0 Å². The molecule has 8 heteroatoms. The first-order valence-electron chi connectivity index (χ1n) is 8.19. The van der Waals surface area contributed by atoms with Crippen LogP contribution in [-0.2, 0) is 23.8 Å². The maximum absolute atomic E-state index is 13.3. The zero-order valence-corrected chi connectivity index (χ0v) is 16.2. The maximum Gasteiger partial charge on any atom is 0.240 e. The van der Waals surface area contributed by atoms with Crippen molar-refractivity contribution in [2.45, 2.75) is 27.6 Å². The molecule has 25 heavy (non-hydrogen) atoms. The van der Waals surface area contributed by atoms with Gasteiger partial charge < -0.3 is 14.2 Å². The van der Waals surface area contributed by atoms with Crippen molar-refractivity contribution in [3.8, 4) is 0 Å². The number of ether oxygens (including phenoxy) is 3. The number of hydrogen-bond acceptors (Lipinski definition) is 5. The van der Waals surface area contributed by atoms with Gasteiger partial charge in [-0.25, -0.2) is 4.90 Å². The van der Waals surface area contributed by atoms with Crippen LogP contribution in [0.1, 0.15) is 0 Å². The molecule has 2 bridgehead atoms. The third-order valence-corrected chi connectivity index (χ3v) is 8.60. The molecule has 5 rings (SSSR count). The normalized spacial score (nSPS) is 43.3. The van der Waals surface area contributed by atoms with E-state index in [-0.39, 0.29) is 21.5 Å². The van der Waals surface area contributed by atoms with Crippen molar-refractivity contribution in [2.24, 2.45) is 11.8 Å². The van der Waals surface area contributed by atoms with E-state index in [1.165, 1.54) is 4.90 Å². The Hall–Kier alpha value is -0.800. The molecule has 4 aliphatic heterocycles. The van der Waals surface area contributed by atoms with E-state index < -0.39 is 29.8 Å². The molecule has 6 unspecified atom stereocenters. The SMILES string of the molecule is O=C1C2C3OC(C4OCCO4)(C(Br)C3Br)C2C(=O)N1c1ccccc1. The molecule has 6 nitrogen and oxygen atoms in total. The number of carbonyl (C=O) groups is 2. The average Bonchev–Trinajstić information content (AvgIpc) is 3.35. The Morgan fingerprint density at radius 1 is 1.04 bits per heavy atom. The van der Waals surface area contributed by atoms with E-state index in [9.17, 15) is 9.59 Å². The highest BCUT2D eigenvalue weighted by Gasteiger charge is 2.78. The van der Waals surface area contributed by atoms with Crippen LogP contribution in [0.15, 0.2) is 30.3 Å². The molecule has 4 saturated heterocycles. The molecule has 0 N–H and O–H groups in total. The molecule has 1 aromatic rings. The van der Waals surface area contributed by atoms with Gasteiger partial charge in [-0.2, -0.15) is 0 Å². The molecule has 2 amide bonds. The lowest BCUT2D eigenvalue weighted by Gasteiger charge is -2.39. The van der Waals surface area contributed by atoms with Crippen molar-refractivity contribution in [3.05, 3.63) is 30.3 Å². The first-order chi connectivity index (χ1) is 12.1. The summed E-state index contributed by atoms with van der Waals surface area (Å²) in [6, 6.07) is 9.02. The first kappa shape index (κ1) is 16.4. The van der Waals surface area contributed by atoms with Gasteiger partial charge in [0.15, 0.2) is 6.29 Å². The number of amides is 2. The Morgan fingerprint density at radius 2 is 1.72 bits per heavy atom. The Morgan fingerprint density at radius 3 is 2.40 bits per heavy atom. The lowest BCUT2D eigenvalue weighted by Crippen LogP contribution is -2.58. The van der Waals surface area contributed by atoms with E-state index in [1.807, 2.05) is 18.2 Å². The molecular formula is C17H15Br2NO5. The van der Waals surface area contributed by atoms with Gasteiger partial charge in [0.2, 0.25) is 11.8 Å². The monoisotopic (exact) mass is 471 g/mol. The van der Waals surface area contributed by atoms with E-state index in [0.29, 0.717) is 18.9 Å². The van der Waals surface area contributed by atoms with E-state index in [0.717, 1.165) is 0 Å². The molecule has 0 aromatic heterocycles. The number of carbonyl (C=O) groups excluding carboxylic acids is 2. The molecule has 0 saturated carbocycles. The quantitative estimate of drug-likeness (QED) is 0.485. The molecule has 4 fully saturated rings. The van der Waals surface area contributed by atoms with Crippen LogP contribution in [-0.4, -0.2) is 52.7 Å². The predicted molar refractivity (Wildman–Crippen MR) is 94.6 cm³/mol. The number of hydrogen-bond donors (Lipinski definition) is 0. The van der Waals surface area contributed by atoms with Crippen molar-refractivity contribution in [3.63, 3.8) is 0 Å². The fourth-order valence-electron chi connectivity index (χ4n) is 4.58. The summed E-state index contributed by atoms with van der Waals surface area (Å²) in [7, 11) is 0. The Labute approximate surface area is 161 Å². The second-order valence-electron chi connectivity index (χ2n) is 6.71. The number of alkyl halides is 2. The minimum absolute atomic E-state index is 0.103. The Bertz CT molecular complexity index is 740. The van der Waals surface area contributed by atoms with Crippen molar-refractivity contribution in [1.29, 1.82) is 0 Å². The van der Waals surface area contributed by atoms with Gasteiger partial charge >= 0.3 is 0 Å². The van der Waals surface area contributed by atoms with Crippen LogP contribution in [0.25, 0.3) is 0 Å². The standard InChI is InChI=1S/C17H15Br2NO5/c18-11-12-9-10(17(25-12,13(11)19)16-23-6-7-24-16)15(22)20(14(9)21)8-4-2-1-3-5-8/h1-5,9-13,16H,6-7H2. The van der Waals surface area contributed by atoms with Gasteiger partial charge in [0.25, 0.3) is 0 Å². The van der Waals surface area contributed by atoms with E-state index in [1.54, 1.807) is 12.1 Å². The number of benzene rings is 1. The van der Waals surface area contributed by atoms with Crippen LogP contribution in [0.5, 0.6) is 0 Å². The smallest absolute Gasteiger partial charge is 0.240 e. The minimum atomic E-state index is -1.00. The molecule has 132 valence electrons. The van der Waals surface area contributed by atoms with Crippen LogP contribution >= 0.6 is 31.9 Å². The van der Waals surface area contributed by atoms with Crippen LogP contribution in [0.4, 0.5) is 5.69 Å². The molecule has 0 radical (unpaired) electrons. The number of nitrogens with zero attached hydrogens (tertiary/aromatic N) is 1. The summed E-state index contributed by atoms with van der Waals surface area (Å²) in [5.74, 6) is -1.60. The topological polar surface area (TPSA) is 65.1 Å². The van der Waals surface area contributed by atoms with Gasteiger partial charge in [0.05, 0.1) is 46.5 Å². The predicted octanol–water partition coefficient (Wildman–Crippen LogP) is 1.84. The van der Waals surface area contributed by atoms with Crippen LogP contribution < -0.4 is 4.90 Å². The summed E-state index contributed by atoms with van der Waals surface area (Å²) in [5, 5.41) is 0. The van der Waals surface area contributed by atoms with Gasteiger partial charge in [-0.15, -0.1) is 0 Å². The lowest BCUT2D eigenvalue weighted by atomic mass is 9.72. The van der Waals surface area contributed by atoms with Gasteiger partial charge in [-0.05, 0) is 12.1 Å². The van der Waals surface area contributed by atoms with Crippen molar-refractivity contribution in [2.75, 3.05) is 18.1 Å². The maximum atomic E-state index is 13.3. The summed E-state index contributed by atoms with van der Waals surface area (Å²) in [6.45, 7) is 0.907. The van der Waals surface area contributed by atoms with Crippen molar-refractivity contribution in [1.82, 2.24) is 0 Å². The summed E-state index contributed by atoms with van der Waals surface area (Å²) in [5.41, 5.74) is -0.414. The number of imide groups is 1. The summed E-state index contributed by atoms with van der Waals surface area (Å²) < 4.78 is 17.7. The minimum Gasteiger partial charge on any atom is -0.362 e. The Balaban J connectivity index is 1.61. The largest absolute Gasteiger partial charge is 0.362 e. The van der Waals surface area contributed by atoms with Crippen LogP contribution in [0.2, 0.25) is 0 Å². The molecule has 4 heterocycles. The molecule has 1 aromatic carbocycles. The third kappa shape index (κ3) is 1.95. The summed E-state index contributed by atoms with van der Waals surface area (Å²) in [6.07, 6.45) is -1.06. The number of fused-ring (bicyclic) bond motifs is 5. The third-order valence-electron chi connectivity index (χ3n) is 5.56. The fraction of sp³-hybridized carbons (Fsp3) is 0.529. The van der Waals surface area contributed by atoms with Gasteiger partial charge in [0.1, 0.15) is 5.60 Å². The van der Waals surface area contributed by atoms with E-state index in [2.05, 4.69) is 31.9 Å². The highest BCUT2D eigenvalue weighted by molar-refractivity contribution is 9.12. The zero-order chi connectivity index (χ0) is 17.3. The van der Waals surface area contributed by atoms with Crippen molar-refractivity contribution >= 4 is 49.4 Å².